The van der Waals surface area contributed by atoms with Crippen molar-refractivity contribution >= 4 is 32.4 Å². The number of amides is 1. The topological polar surface area (TPSA) is 129 Å². The lowest BCUT2D eigenvalue weighted by Gasteiger charge is -2.14. The molecule has 0 aliphatic heterocycles. The molecule has 0 aliphatic rings. The average molecular weight is 465 g/mol. The van der Waals surface area contributed by atoms with E-state index in [1.54, 1.807) is 42.5 Å². The molecule has 3 rings (SSSR count). The SMILES string of the molecule is COc1cc(CNS(=O)(=O)c2nnc(NC(=O)c3ccccc3)s2)cc(OC)c1OC. The van der Waals surface area contributed by atoms with Crippen LogP contribution in [-0.4, -0.2) is 45.9 Å². The summed E-state index contributed by atoms with van der Waals surface area (Å²) in [5, 5.41) is 10.0. The van der Waals surface area contributed by atoms with E-state index in [0.717, 1.165) is 11.3 Å². The molecule has 164 valence electrons. The van der Waals surface area contributed by atoms with Crippen molar-refractivity contribution in [2.24, 2.45) is 0 Å². The van der Waals surface area contributed by atoms with Gasteiger partial charge in [-0.1, -0.05) is 29.5 Å². The number of nitrogens with one attached hydrogen (secondary N) is 2. The Bertz CT molecular complexity index is 1140. The smallest absolute Gasteiger partial charge is 0.270 e. The molecule has 1 heterocycles. The van der Waals surface area contributed by atoms with Crippen LogP contribution in [-0.2, 0) is 16.6 Å². The molecule has 0 saturated carbocycles. The summed E-state index contributed by atoms with van der Waals surface area (Å²) in [6.07, 6.45) is 0. The third-order valence-corrected chi connectivity index (χ3v) is 6.69. The second-order valence-corrected chi connectivity index (χ2v) is 8.97. The van der Waals surface area contributed by atoms with E-state index in [0.29, 0.717) is 28.4 Å². The molecule has 3 aromatic rings. The Balaban J connectivity index is 1.71. The highest BCUT2D eigenvalue weighted by Gasteiger charge is 2.22. The molecule has 0 unspecified atom stereocenters. The molecule has 0 atom stereocenters. The van der Waals surface area contributed by atoms with Gasteiger partial charge in [-0.3, -0.25) is 10.1 Å². The van der Waals surface area contributed by atoms with Crippen LogP contribution in [0.4, 0.5) is 5.13 Å². The van der Waals surface area contributed by atoms with Gasteiger partial charge in [0.1, 0.15) is 0 Å². The van der Waals surface area contributed by atoms with Crippen molar-refractivity contribution in [3.05, 3.63) is 53.6 Å². The summed E-state index contributed by atoms with van der Waals surface area (Å²) in [6, 6.07) is 11.8. The van der Waals surface area contributed by atoms with Crippen molar-refractivity contribution in [2.45, 2.75) is 10.9 Å². The van der Waals surface area contributed by atoms with E-state index < -0.39 is 15.9 Å². The normalized spacial score (nSPS) is 11.1. The molecule has 0 aliphatic carbocycles. The minimum Gasteiger partial charge on any atom is -0.493 e. The second-order valence-electron chi connectivity index (χ2n) is 6.05. The highest BCUT2D eigenvalue weighted by atomic mass is 32.2. The first-order chi connectivity index (χ1) is 14.9. The standard InChI is InChI=1S/C19H20N4O6S2/c1-27-14-9-12(10-15(28-2)16(14)29-3)11-20-31(25,26)19-23-22-18(30-19)21-17(24)13-7-5-4-6-8-13/h4-10,20H,11H2,1-3H3,(H,21,22,24). The van der Waals surface area contributed by atoms with Crippen molar-refractivity contribution in [1.82, 2.24) is 14.9 Å². The van der Waals surface area contributed by atoms with E-state index in [1.807, 2.05) is 0 Å². The molecule has 0 fully saturated rings. The molecule has 1 amide bonds. The van der Waals surface area contributed by atoms with Crippen molar-refractivity contribution in [3.8, 4) is 17.2 Å². The molecule has 0 saturated heterocycles. The molecule has 10 nitrogen and oxygen atoms in total. The third kappa shape index (κ3) is 5.29. The molecule has 2 aromatic carbocycles. The largest absolute Gasteiger partial charge is 0.493 e. The van der Waals surface area contributed by atoms with E-state index in [9.17, 15) is 13.2 Å². The van der Waals surface area contributed by atoms with Crippen molar-refractivity contribution in [3.63, 3.8) is 0 Å². The van der Waals surface area contributed by atoms with Gasteiger partial charge in [0.25, 0.3) is 15.9 Å². The number of rotatable bonds is 9. The highest BCUT2D eigenvalue weighted by molar-refractivity contribution is 7.91. The predicted molar refractivity (Wildman–Crippen MR) is 114 cm³/mol. The molecular weight excluding hydrogens is 444 g/mol. The van der Waals surface area contributed by atoms with E-state index in [2.05, 4.69) is 20.2 Å². The van der Waals surface area contributed by atoms with E-state index in [-0.39, 0.29) is 16.0 Å². The summed E-state index contributed by atoms with van der Waals surface area (Å²) in [4.78, 5) is 12.2. The zero-order valence-electron chi connectivity index (χ0n) is 16.9. The lowest BCUT2D eigenvalue weighted by Crippen LogP contribution is -2.23. The van der Waals surface area contributed by atoms with Gasteiger partial charge in [0.05, 0.1) is 21.3 Å². The first-order valence-corrected chi connectivity index (χ1v) is 11.2. The number of benzene rings is 2. The number of carbonyl (C=O) groups is 1. The number of hydrogen-bond donors (Lipinski definition) is 2. The first-order valence-electron chi connectivity index (χ1n) is 8.86. The number of aromatic nitrogens is 2. The second kappa shape index (κ2) is 9.73. The fraction of sp³-hybridized carbons (Fsp3) is 0.211. The molecular formula is C19H20N4O6S2. The molecule has 0 spiro atoms. The zero-order chi connectivity index (χ0) is 22.4. The van der Waals surface area contributed by atoms with Crippen LogP contribution < -0.4 is 24.2 Å². The maximum atomic E-state index is 12.6. The van der Waals surface area contributed by atoms with Crippen LogP contribution in [0.25, 0.3) is 0 Å². The van der Waals surface area contributed by atoms with Gasteiger partial charge in [-0.25, -0.2) is 13.1 Å². The van der Waals surface area contributed by atoms with Gasteiger partial charge in [-0.2, -0.15) is 0 Å². The average Bonchev–Trinajstić information content (AvgIpc) is 3.27. The zero-order valence-corrected chi connectivity index (χ0v) is 18.5. The van der Waals surface area contributed by atoms with Gasteiger partial charge in [0, 0.05) is 12.1 Å². The Hall–Kier alpha value is -3.22. The molecule has 31 heavy (non-hydrogen) atoms. The number of nitrogens with zero attached hydrogens (tertiary/aromatic N) is 2. The summed E-state index contributed by atoms with van der Waals surface area (Å²) in [5.74, 6) is 0.793. The Labute approximate surface area is 183 Å². The lowest BCUT2D eigenvalue weighted by atomic mass is 10.2. The van der Waals surface area contributed by atoms with E-state index in [4.69, 9.17) is 14.2 Å². The van der Waals surface area contributed by atoms with Crippen molar-refractivity contribution in [2.75, 3.05) is 26.6 Å². The van der Waals surface area contributed by atoms with Crippen molar-refractivity contribution < 1.29 is 27.4 Å². The Morgan fingerprint density at radius 3 is 2.23 bits per heavy atom. The Morgan fingerprint density at radius 2 is 1.65 bits per heavy atom. The number of sulfonamides is 1. The molecule has 0 radical (unpaired) electrons. The van der Waals surface area contributed by atoms with Crippen LogP contribution in [0.15, 0.2) is 46.8 Å². The maximum absolute atomic E-state index is 12.6. The number of ether oxygens (including phenoxy) is 3. The van der Waals surface area contributed by atoms with Gasteiger partial charge >= 0.3 is 0 Å². The number of hydrogen-bond acceptors (Lipinski definition) is 9. The van der Waals surface area contributed by atoms with Crippen LogP contribution in [0.5, 0.6) is 17.2 Å². The predicted octanol–water partition coefficient (Wildman–Crippen LogP) is 2.29. The summed E-state index contributed by atoms with van der Waals surface area (Å²) < 4.78 is 43.2. The quantitative estimate of drug-likeness (QED) is 0.462. The summed E-state index contributed by atoms with van der Waals surface area (Å²) in [7, 11) is 0.456. The fourth-order valence-electron chi connectivity index (χ4n) is 2.61. The van der Waals surface area contributed by atoms with Crippen LogP contribution in [0.3, 0.4) is 0 Å². The van der Waals surface area contributed by atoms with Gasteiger partial charge in [-0.15, -0.1) is 10.2 Å². The van der Waals surface area contributed by atoms with Crippen molar-refractivity contribution in [1.29, 1.82) is 0 Å². The Morgan fingerprint density at radius 1 is 1.00 bits per heavy atom. The van der Waals surface area contributed by atoms with Crippen LogP contribution in [0, 0.1) is 0 Å². The monoisotopic (exact) mass is 464 g/mol. The summed E-state index contributed by atoms with van der Waals surface area (Å²) >= 11 is 0.745. The molecule has 12 heteroatoms. The summed E-state index contributed by atoms with van der Waals surface area (Å²) in [5.41, 5.74) is 1.00. The van der Waals surface area contributed by atoms with Crippen LogP contribution in [0.2, 0.25) is 0 Å². The highest BCUT2D eigenvalue weighted by Crippen LogP contribution is 2.38. The van der Waals surface area contributed by atoms with Gasteiger partial charge in [0.2, 0.25) is 15.2 Å². The maximum Gasteiger partial charge on any atom is 0.270 e. The number of anilines is 1. The fourth-order valence-corrected chi connectivity index (χ4v) is 4.56. The minimum atomic E-state index is -3.96. The van der Waals surface area contributed by atoms with Gasteiger partial charge in [0.15, 0.2) is 11.5 Å². The third-order valence-electron chi connectivity index (χ3n) is 4.08. The van der Waals surface area contributed by atoms with Gasteiger partial charge < -0.3 is 14.2 Å². The minimum absolute atomic E-state index is 0.0513. The summed E-state index contributed by atoms with van der Waals surface area (Å²) in [6.45, 7) is -0.0513. The number of methoxy groups -OCH3 is 3. The molecule has 0 bridgehead atoms. The Kier molecular flexibility index (Phi) is 7.05. The first kappa shape index (κ1) is 22.5. The van der Waals surface area contributed by atoms with Crippen LogP contribution >= 0.6 is 11.3 Å². The lowest BCUT2D eigenvalue weighted by molar-refractivity contribution is 0.102. The van der Waals surface area contributed by atoms with E-state index >= 15 is 0 Å². The van der Waals surface area contributed by atoms with Crippen LogP contribution in [0.1, 0.15) is 15.9 Å². The number of carbonyl (C=O) groups excluding carboxylic acids is 1. The molecule has 2 N–H and O–H groups in total. The molecule has 1 aromatic heterocycles. The van der Waals surface area contributed by atoms with Gasteiger partial charge in [-0.05, 0) is 29.8 Å². The van der Waals surface area contributed by atoms with E-state index in [1.165, 1.54) is 21.3 Å².